The average Bonchev–Trinajstić information content (AvgIpc) is 2.34. The van der Waals surface area contributed by atoms with Crippen molar-refractivity contribution < 1.29 is 19.4 Å². The van der Waals surface area contributed by atoms with E-state index in [1.807, 2.05) is 0 Å². The van der Waals surface area contributed by atoms with Crippen LogP contribution in [0, 0.1) is 0 Å². The molecule has 0 aliphatic heterocycles. The highest BCUT2D eigenvalue weighted by molar-refractivity contribution is 6.34. The number of methoxy groups -OCH3 is 1. The fourth-order valence-electron chi connectivity index (χ4n) is 1.30. The number of esters is 1. The summed E-state index contributed by atoms with van der Waals surface area (Å²) in [6.45, 7) is 1.35. The summed E-state index contributed by atoms with van der Waals surface area (Å²) in [5, 5.41) is 11.8. The van der Waals surface area contributed by atoms with Gasteiger partial charge in [-0.25, -0.2) is 9.78 Å². The third kappa shape index (κ3) is 4.05. The van der Waals surface area contributed by atoms with Gasteiger partial charge in [0.25, 0.3) is 5.91 Å². The van der Waals surface area contributed by atoms with Crippen LogP contribution in [0.5, 0.6) is 0 Å². The molecule has 0 fully saturated rings. The van der Waals surface area contributed by atoms with Crippen LogP contribution in [0.2, 0.25) is 10.3 Å². The highest BCUT2D eigenvalue weighted by Crippen LogP contribution is 2.16. The van der Waals surface area contributed by atoms with Gasteiger partial charge >= 0.3 is 5.97 Å². The quantitative estimate of drug-likeness (QED) is 0.641. The number of amides is 1. The predicted molar refractivity (Wildman–Crippen MR) is 69.2 cm³/mol. The number of carbonyl (C=O) groups is 2. The van der Waals surface area contributed by atoms with Gasteiger partial charge in [0.05, 0.1) is 18.8 Å². The zero-order chi connectivity index (χ0) is 14.6. The Bertz CT molecular complexity index is 494. The Morgan fingerprint density at radius 2 is 2.05 bits per heavy atom. The van der Waals surface area contributed by atoms with E-state index in [0.29, 0.717) is 0 Å². The Hall–Kier alpha value is -1.37. The summed E-state index contributed by atoms with van der Waals surface area (Å²) in [7, 11) is 1.15. The molecule has 1 rings (SSSR count). The Balaban J connectivity index is 2.91. The molecule has 0 radical (unpaired) electrons. The molecule has 0 aromatic carbocycles. The van der Waals surface area contributed by atoms with Gasteiger partial charge in [0.15, 0.2) is 6.04 Å². The summed E-state index contributed by atoms with van der Waals surface area (Å²) in [5.41, 5.74) is 0.0422. The first-order valence-electron chi connectivity index (χ1n) is 5.25. The van der Waals surface area contributed by atoms with Crippen LogP contribution in [-0.4, -0.2) is 41.2 Å². The maximum atomic E-state index is 11.9. The van der Waals surface area contributed by atoms with E-state index in [1.165, 1.54) is 19.1 Å². The van der Waals surface area contributed by atoms with Crippen molar-refractivity contribution in [1.29, 1.82) is 0 Å². The Labute approximate surface area is 119 Å². The molecule has 1 aromatic heterocycles. The van der Waals surface area contributed by atoms with Crippen molar-refractivity contribution in [3.05, 3.63) is 28.0 Å². The smallest absolute Gasteiger partial charge is 0.331 e. The van der Waals surface area contributed by atoms with Crippen molar-refractivity contribution in [2.45, 2.75) is 19.1 Å². The van der Waals surface area contributed by atoms with E-state index in [9.17, 15) is 14.7 Å². The van der Waals surface area contributed by atoms with Crippen LogP contribution in [0.3, 0.4) is 0 Å². The van der Waals surface area contributed by atoms with E-state index in [1.54, 1.807) is 0 Å². The van der Waals surface area contributed by atoms with Crippen LogP contribution in [0.4, 0.5) is 0 Å². The lowest BCUT2D eigenvalue weighted by Gasteiger charge is -2.19. The van der Waals surface area contributed by atoms with Crippen LogP contribution in [0.1, 0.15) is 17.3 Å². The number of aliphatic hydroxyl groups is 1. The number of nitrogens with one attached hydrogen (secondary N) is 1. The van der Waals surface area contributed by atoms with Gasteiger partial charge in [-0.15, -0.1) is 0 Å². The van der Waals surface area contributed by atoms with Crippen molar-refractivity contribution in [1.82, 2.24) is 10.3 Å². The maximum absolute atomic E-state index is 11.9. The Morgan fingerprint density at radius 1 is 1.42 bits per heavy atom. The molecule has 2 atom stereocenters. The zero-order valence-electron chi connectivity index (χ0n) is 10.2. The first-order valence-corrected chi connectivity index (χ1v) is 6.01. The molecule has 1 aromatic rings. The minimum atomic E-state index is -1.19. The van der Waals surface area contributed by atoms with Gasteiger partial charge in [-0.2, -0.15) is 0 Å². The molecule has 8 heteroatoms. The lowest BCUT2D eigenvalue weighted by Crippen LogP contribution is -2.48. The number of rotatable bonds is 4. The van der Waals surface area contributed by atoms with Crippen molar-refractivity contribution >= 4 is 35.1 Å². The second-order valence-electron chi connectivity index (χ2n) is 3.69. The summed E-state index contributed by atoms with van der Waals surface area (Å²) in [5.74, 6) is -1.42. The fraction of sp³-hybridized carbons (Fsp3) is 0.364. The predicted octanol–water partition coefficient (Wildman–Crippen LogP) is 1.04. The molecule has 0 bridgehead atoms. The van der Waals surface area contributed by atoms with Gasteiger partial charge in [-0.05, 0) is 19.1 Å². The van der Waals surface area contributed by atoms with Gasteiger partial charge in [0.2, 0.25) is 0 Å². The van der Waals surface area contributed by atoms with E-state index in [-0.39, 0.29) is 15.9 Å². The van der Waals surface area contributed by atoms with Crippen LogP contribution >= 0.6 is 23.2 Å². The van der Waals surface area contributed by atoms with E-state index in [4.69, 9.17) is 23.2 Å². The first-order chi connectivity index (χ1) is 8.86. The molecule has 0 saturated heterocycles. The van der Waals surface area contributed by atoms with Crippen molar-refractivity contribution in [2.75, 3.05) is 7.11 Å². The van der Waals surface area contributed by atoms with Crippen LogP contribution in [-0.2, 0) is 9.53 Å². The Morgan fingerprint density at radius 3 is 2.53 bits per heavy atom. The summed E-state index contributed by atoms with van der Waals surface area (Å²) < 4.78 is 4.48. The van der Waals surface area contributed by atoms with E-state index < -0.39 is 24.0 Å². The minimum absolute atomic E-state index is 0.0422. The van der Waals surface area contributed by atoms with Gasteiger partial charge < -0.3 is 15.2 Å². The third-order valence-electron chi connectivity index (χ3n) is 2.28. The lowest BCUT2D eigenvalue weighted by atomic mass is 10.1. The number of carbonyl (C=O) groups excluding carboxylic acids is 2. The number of ether oxygens (including phenoxy) is 1. The van der Waals surface area contributed by atoms with Crippen molar-refractivity contribution in [3.8, 4) is 0 Å². The average molecular weight is 307 g/mol. The topological polar surface area (TPSA) is 88.5 Å². The first kappa shape index (κ1) is 15.7. The number of nitrogens with zero attached hydrogens (tertiary/aromatic N) is 1. The number of pyridine rings is 1. The highest BCUT2D eigenvalue weighted by Gasteiger charge is 2.27. The summed E-state index contributed by atoms with van der Waals surface area (Å²) in [4.78, 5) is 27.0. The molecule has 1 amide bonds. The second-order valence-corrected chi connectivity index (χ2v) is 4.43. The van der Waals surface area contributed by atoms with Crippen LogP contribution < -0.4 is 5.32 Å². The van der Waals surface area contributed by atoms with E-state index in [2.05, 4.69) is 15.0 Å². The summed E-state index contributed by atoms with van der Waals surface area (Å²) >= 11 is 11.4. The Kier molecular flexibility index (Phi) is 5.53. The maximum Gasteiger partial charge on any atom is 0.331 e. The molecule has 19 heavy (non-hydrogen) atoms. The lowest BCUT2D eigenvalue weighted by molar-refractivity contribution is -0.145. The zero-order valence-corrected chi connectivity index (χ0v) is 11.7. The molecule has 1 heterocycles. The highest BCUT2D eigenvalue weighted by atomic mass is 35.5. The minimum Gasteiger partial charge on any atom is -0.467 e. The van der Waals surface area contributed by atoms with Gasteiger partial charge in [0, 0.05) is 0 Å². The monoisotopic (exact) mass is 306 g/mol. The molecule has 0 saturated carbocycles. The van der Waals surface area contributed by atoms with Gasteiger partial charge in [0.1, 0.15) is 10.3 Å². The van der Waals surface area contributed by atoms with Crippen molar-refractivity contribution in [3.63, 3.8) is 0 Å². The molecular formula is C11H12Cl2N2O4. The number of halogens is 2. The second kappa shape index (κ2) is 6.70. The number of hydrogen-bond acceptors (Lipinski definition) is 5. The third-order valence-corrected chi connectivity index (χ3v) is 2.78. The molecule has 0 aliphatic rings. The molecule has 0 unspecified atom stereocenters. The standard InChI is InChI=1S/C11H12Cl2N2O4/c1-5(16)8(11(18)19-2)15-10(17)6-3-4-7(12)14-9(6)13/h3-5,8,16H,1-2H3,(H,15,17)/t5-,8+/m1/s1. The number of aromatic nitrogens is 1. The fourth-order valence-corrected chi connectivity index (χ4v) is 1.73. The number of hydrogen-bond donors (Lipinski definition) is 2. The normalized spacial score (nSPS) is 13.5. The molecule has 6 nitrogen and oxygen atoms in total. The largest absolute Gasteiger partial charge is 0.467 e. The van der Waals surface area contributed by atoms with Gasteiger partial charge in [-0.1, -0.05) is 23.2 Å². The molecular weight excluding hydrogens is 295 g/mol. The van der Waals surface area contributed by atoms with E-state index >= 15 is 0 Å². The molecule has 0 aliphatic carbocycles. The van der Waals surface area contributed by atoms with Crippen LogP contribution in [0.15, 0.2) is 12.1 Å². The van der Waals surface area contributed by atoms with Crippen LogP contribution in [0.25, 0.3) is 0 Å². The van der Waals surface area contributed by atoms with E-state index in [0.717, 1.165) is 7.11 Å². The summed E-state index contributed by atoms with van der Waals surface area (Å²) in [6.07, 6.45) is -1.12. The molecule has 0 spiro atoms. The van der Waals surface area contributed by atoms with Crippen molar-refractivity contribution in [2.24, 2.45) is 0 Å². The molecule has 2 N–H and O–H groups in total. The number of aliphatic hydroxyl groups excluding tert-OH is 1. The molecule has 104 valence electrons. The SMILES string of the molecule is COC(=O)[C@@H](NC(=O)c1ccc(Cl)nc1Cl)[C@@H](C)O. The van der Waals surface area contributed by atoms with Gasteiger partial charge in [-0.3, -0.25) is 4.79 Å². The summed E-state index contributed by atoms with van der Waals surface area (Å²) in [6, 6.07) is 1.56.